The fourth-order valence-corrected chi connectivity index (χ4v) is 10.2. The maximum Gasteiger partial charge on any atom is 0.0705 e. The van der Waals surface area contributed by atoms with E-state index in [4.69, 9.17) is 9.97 Å². The van der Waals surface area contributed by atoms with Gasteiger partial charge in [0.1, 0.15) is 0 Å². The molecule has 2 heterocycles. The van der Waals surface area contributed by atoms with E-state index in [0.717, 1.165) is 51.0 Å². The molecule has 11 rings (SSSR count). The quantitative estimate of drug-likeness (QED) is 0.157. The van der Waals surface area contributed by atoms with Crippen molar-refractivity contribution in [1.29, 1.82) is 0 Å². The first kappa shape index (κ1) is 37.9. The van der Waals surface area contributed by atoms with Gasteiger partial charge in [-0.1, -0.05) is 113 Å². The van der Waals surface area contributed by atoms with E-state index in [2.05, 4.69) is 223 Å². The second-order valence-electron chi connectivity index (χ2n) is 18.8. The second kappa shape index (κ2) is 14.0. The Hall–Kier alpha value is -7.10. The molecular weight excluding hydrogens is 751 g/mol. The van der Waals surface area contributed by atoms with Gasteiger partial charge in [0.25, 0.3) is 0 Å². The van der Waals surface area contributed by atoms with Gasteiger partial charge in [-0.05, 0) is 182 Å². The number of hydrogen-bond acceptors (Lipinski definition) is 3. The summed E-state index contributed by atoms with van der Waals surface area (Å²) >= 11 is 0. The van der Waals surface area contributed by atoms with E-state index in [0.29, 0.717) is 0 Å². The number of aryl methyl sites for hydroxylation is 2. The predicted molar refractivity (Wildman–Crippen MR) is 262 cm³/mol. The number of nitrogens with zero attached hydrogens (tertiary/aromatic N) is 3. The lowest BCUT2D eigenvalue weighted by Crippen LogP contribution is -2.17. The van der Waals surface area contributed by atoms with Crippen LogP contribution in [-0.2, 0) is 10.8 Å². The third-order valence-corrected chi connectivity index (χ3v) is 13.2. The van der Waals surface area contributed by atoms with Gasteiger partial charge in [0.2, 0.25) is 0 Å². The minimum absolute atomic E-state index is 0.0532. The first-order valence-electron chi connectivity index (χ1n) is 21.8. The van der Waals surface area contributed by atoms with E-state index >= 15 is 0 Å². The molecule has 0 bridgehead atoms. The van der Waals surface area contributed by atoms with Gasteiger partial charge in [0.15, 0.2) is 0 Å². The smallest absolute Gasteiger partial charge is 0.0705 e. The van der Waals surface area contributed by atoms with Crippen LogP contribution in [0.3, 0.4) is 0 Å². The normalized spacial score (nSPS) is 13.2. The third kappa shape index (κ3) is 6.02. The summed E-state index contributed by atoms with van der Waals surface area (Å²) in [6.07, 6.45) is 0. The van der Waals surface area contributed by atoms with Crippen LogP contribution >= 0.6 is 0 Å². The van der Waals surface area contributed by atoms with Crippen LogP contribution in [0.2, 0.25) is 0 Å². The number of para-hydroxylation sites is 2. The fraction of sp³-hybridized carbons (Fsp3) is 0.153. The molecule has 3 heteroatoms. The zero-order valence-corrected chi connectivity index (χ0v) is 36.5. The Labute approximate surface area is 364 Å². The van der Waals surface area contributed by atoms with Crippen LogP contribution in [0.5, 0.6) is 0 Å². The number of rotatable bonds is 6. The summed E-state index contributed by atoms with van der Waals surface area (Å²) in [5.41, 5.74) is 18.4. The molecule has 300 valence electrons. The van der Waals surface area contributed by atoms with Crippen LogP contribution in [-0.4, -0.2) is 9.97 Å². The first-order valence-corrected chi connectivity index (χ1v) is 21.8. The lowest BCUT2D eigenvalue weighted by Gasteiger charge is -2.29. The number of fused-ring (bicyclic) bond motifs is 5. The monoisotopic (exact) mass is 799 g/mol. The van der Waals surface area contributed by atoms with Crippen LogP contribution in [0.1, 0.15) is 62.7 Å². The highest BCUT2D eigenvalue weighted by atomic mass is 15.1. The Kier molecular flexibility index (Phi) is 8.53. The van der Waals surface area contributed by atoms with Gasteiger partial charge < -0.3 is 4.90 Å². The zero-order chi connectivity index (χ0) is 42.5. The Balaban J connectivity index is 1.26. The average molecular weight is 800 g/mol. The second-order valence-corrected chi connectivity index (χ2v) is 18.8. The summed E-state index contributed by atoms with van der Waals surface area (Å²) in [6.45, 7) is 15.9. The van der Waals surface area contributed by atoms with Crippen LogP contribution in [0.15, 0.2) is 170 Å². The van der Waals surface area contributed by atoms with Gasteiger partial charge >= 0.3 is 0 Å². The van der Waals surface area contributed by atoms with Crippen molar-refractivity contribution in [3.63, 3.8) is 0 Å². The van der Waals surface area contributed by atoms with Crippen LogP contribution in [0.4, 0.5) is 17.1 Å². The van der Waals surface area contributed by atoms with E-state index < -0.39 is 0 Å². The van der Waals surface area contributed by atoms with Crippen LogP contribution < -0.4 is 4.90 Å². The molecule has 0 amide bonds. The lowest BCUT2D eigenvalue weighted by molar-refractivity contribution is 0.590. The Bertz CT molecular complexity index is 3320. The summed E-state index contributed by atoms with van der Waals surface area (Å²) in [7, 11) is 0. The molecule has 0 saturated carbocycles. The van der Waals surface area contributed by atoms with Crippen molar-refractivity contribution >= 4 is 49.4 Å². The first-order chi connectivity index (χ1) is 29.9. The number of aromatic nitrogens is 2. The molecule has 0 saturated heterocycles. The molecule has 10 aromatic rings. The van der Waals surface area contributed by atoms with E-state index in [1.807, 2.05) is 0 Å². The van der Waals surface area contributed by atoms with Crippen molar-refractivity contribution in [2.24, 2.45) is 0 Å². The number of pyridine rings is 2. The van der Waals surface area contributed by atoms with E-state index in [1.54, 1.807) is 0 Å². The standard InChI is InChI=1S/C59H49N3/c1-36-16-14-22-52(60-36)39-30-41-34-47(38-24-26-42(27-25-38)58(3,4)5)48-31-40(53-23-15-17-37(2)61-53)33-50-55(48)54(41)49(32-39)56-46-29-28-45(35-51(46)59(6,7)57(50)56)62(43-18-10-8-11-19-43)44-20-12-9-13-21-44/h8-35H,1-7H3. The largest absolute Gasteiger partial charge is 0.310 e. The molecule has 0 N–H and O–H groups in total. The molecule has 1 aliphatic rings. The molecule has 0 atom stereocenters. The predicted octanol–water partition coefficient (Wildman–Crippen LogP) is 16.1. The third-order valence-electron chi connectivity index (χ3n) is 13.2. The van der Waals surface area contributed by atoms with Gasteiger partial charge in [-0.15, -0.1) is 0 Å². The molecule has 0 spiro atoms. The SMILES string of the molecule is Cc1cccc(-c2cc3cc(-c4ccc(C(C)(C)C)cc4)c4cc(-c5cccc(C)n5)cc5c6c(c(c2)c3c45)-c2ccc(N(c3ccccc3)c3ccccc3)cc2C6(C)C)n1. The number of hydrogen-bond donors (Lipinski definition) is 0. The highest BCUT2D eigenvalue weighted by molar-refractivity contribution is 6.32. The van der Waals surface area contributed by atoms with Crippen molar-refractivity contribution < 1.29 is 0 Å². The number of benzene rings is 8. The van der Waals surface area contributed by atoms with E-state index in [-0.39, 0.29) is 10.8 Å². The van der Waals surface area contributed by atoms with Gasteiger partial charge in [0.05, 0.1) is 11.4 Å². The van der Waals surface area contributed by atoms with Crippen molar-refractivity contribution in [1.82, 2.24) is 9.97 Å². The topological polar surface area (TPSA) is 29.0 Å². The summed E-state index contributed by atoms with van der Waals surface area (Å²) < 4.78 is 0. The molecule has 0 aliphatic heterocycles. The zero-order valence-electron chi connectivity index (χ0n) is 36.5. The molecule has 1 aliphatic carbocycles. The molecule has 8 aromatic carbocycles. The molecule has 62 heavy (non-hydrogen) atoms. The Morgan fingerprint density at radius 3 is 1.65 bits per heavy atom. The van der Waals surface area contributed by atoms with Gasteiger partial charge in [-0.25, -0.2) is 0 Å². The van der Waals surface area contributed by atoms with Crippen molar-refractivity contribution in [2.45, 2.75) is 59.3 Å². The van der Waals surface area contributed by atoms with Gasteiger partial charge in [-0.2, -0.15) is 0 Å². The van der Waals surface area contributed by atoms with Crippen molar-refractivity contribution in [3.8, 4) is 44.8 Å². The van der Waals surface area contributed by atoms with Crippen molar-refractivity contribution in [2.75, 3.05) is 4.90 Å². The summed E-state index contributed by atoms with van der Waals surface area (Å²) in [5.74, 6) is 0. The molecule has 0 radical (unpaired) electrons. The Morgan fingerprint density at radius 2 is 1.05 bits per heavy atom. The van der Waals surface area contributed by atoms with Crippen LogP contribution in [0.25, 0.3) is 77.1 Å². The van der Waals surface area contributed by atoms with Crippen molar-refractivity contribution in [3.05, 3.63) is 198 Å². The summed E-state index contributed by atoms with van der Waals surface area (Å²) in [6, 6.07) is 62.7. The van der Waals surface area contributed by atoms with Crippen LogP contribution in [0, 0.1) is 13.8 Å². The van der Waals surface area contributed by atoms with E-state index in [9.17, 15) is 0 Å². The van der Waals surface area contributed by atoms with Gasteiger partial charge in [-0.3, -0.25) is 9.97 Å². The average Bonchev–Trinajstić information content (AvgIpc) is 3.52. The molecule has 3 nitrogen and oxygen atoms in total. The fourth-order valence-electron chi connectivity index (χ4n) is 10.2. The summed E-state index contributed by atoms with van der Waals surface area (Å²) in [5, 5.41) is 7.63. The minimum Gasteiger partial charge on any atom is -0.310 e. The van der Waals surface area contributed by atoms with E-state index in [1.165, 1.54) is 71.3 Å². The maximum atomic E-state index is 5.12. The molecule has 0 fully saturated rings. The molecular formula is C59H49N3. The maximum absolute atomic E-state index is 5.12. The number of anilines is 3. The molecule has 0 unspecified atom stereocenters. The van der Waals surface area contributed by atoms with Gasteiger partial charge in [0, 0.05) is 45.0 Å². The lowest BCUT2D eigenvalue weighted by atomic mass is 9.76. The summed E-state index contributed by atoms with van der Waals surface area (Å²) in [4.78, 5) is 12.6. The highest BCUT2D eigenvalue weighted by Gasteiger charge is 2.40. The highest BCUT2D eigenvalue weighted by Crippen LogP contribution is 2.58. The Morgan fingerprint density at radius 1 is 0.468 bits per heavy atom. The minimum atomic E-state index is -0.350. The molecule has 2 aromatic heterocycles.